The molecule has 1 aliphatic heterocycles. The van der Waals surface area contributed by atoms with Crippen LogP contribution >= 0.6 is 0 Å². The molecule has 0 fully saturated rings. The molecule has 0 saturated heterocycles. The number of hydrogen-bond donors (Lipinski definition) is 0. The lowest BCUT2D eigenvalue weighted by Crippen LogP contribution is -2.14. The van der Waals surface area contributed by atoms with E-state index in [1.54, 1.807) is 31.4 Å². The number of esters is 1. The van der Waals surface area contributed by atoms with Gasteiger partial charge in [0.15, 0.2) is 18.3 Å². The van der Waals surface area contributed by atoms with Crippen LogP contribution in [-0.4, -0.2) is 31.4 Å². The predicted molar refractivity (Wildman–Crippen MR) is 106 cm³/mol. The minimum absolute atomic E-state index is 0.0330. The maximum Gasteiger partial charge on any atom is 0.331 e. The van der Waals surface area contributed by atoms with Crippen molar-refractivity contribution in [2.45, 2.75) is 20.1 Å². The Bertz CT molecular complexity index is 970. The molecule has 1 heterocycles. The van der Waals surface area contributed by atoms with Gasteiger partial charge < -0.3 is 23.7 Å². The Kier molecular flexibility index (Phi) is 6.87. The largest absolute Gasteiger partial charge is 0.493 e. The summed E-state index contributed by atoms with van der Waals surface area (Å²) in [6.45, 7) is 2.40. The number of nitro benzene ring substituents is 1. The van der Waals surface area contributed by atoms with E-state index in [1.807, 2.05) is 6.92 Å². The summed E-state index contributed by atoms with van der Waals surface area (Å²) in [5, 5.41) is 11.1. The highest BCUT2D eigenvalue weighted by molar-refractivity contribution is 5.87. The zero-order valence-electron chi connectivity index (χ0n) is 16.6. The number of nitro groups is 1. The predicted octanol–water partition coefficient (Wildman–Crippen LogP) is 3.63. The van der Waals surface area contributed by atoms with Gasteiger partial charge >= 0.3 is 5.97 Å². The fourth-order valence-corrected chi connectivity index (χ4v) is 2.92. The Labute approximate surface area is 172 Å². The van der Waals surface area contributed by atoms with Crippen molar-refractivity contribution in [2.75, 3.05) is 20.5 Å². The molecular weight excluding hydrogens is 394 g/mol. The zero-order chi connectivity index (χ0) is 21.5. The molecule has 2 aromatic carbocycles. The van der Waals surface area contributed by atoms with Gasteiger partial charge in [0.25, 0.3) is 5.69 Å². The lowest BCUT2D eigenvalue weighted by Gasteiger charge is -2.20. The quantitative estimate of drug-likeness (QED) is 0.278. The maximum absolute atomic E-state index is 12.1. The summed E-state index contributed by atoms with van der Waals surface area (Å²) in [6.07, 6.45) is 2.85. The standard InChI is InChI=1S/C21H21NO8/c1-3-28-19-8-14(4-6-18(19)26-2)5-7-20(23)29-12-16-10-17(22(24)25)9-15-11-27-13-30-21(15)16/h4-10H,3,11-13H2,1-2H3/b7-5+. The van der Waals surface area contributed by atoms with E-state index in [2.05, 4.69) is 0 Å². The summed E-state index contributed by atoms with van der Waals surface area (Å²) in [5.74, 6) is 1.00. The van der Waals surface area contributed by atoms with Crippen molar-refractivity contribution in [2.24, 2.45) is 0 Å². The van der Waals surface area contributed by atoms with Gasteiger partial charge in [-0.25, -0.2) is 4.79 Å². The third-order valence-electron chi connectivity index (χ3n) is 4.25. The van der Waals surface area contributed by atoms with Crippen LogP contribution in [0.4, 0.5) is 5.69 Å². The number of ether oxygens (including phenoxy) is 5. The van der Waals surface area contributed by atoms with Crippen LogP contribution in [0.5, 0.6) is 17.2 Å². The smallest absolute Gasteiger partial charge is 0.331 e. The lowest BCUT2D eigenvalue weighted by molar-refractivity contribution is -0.385. The molecule has 0 bridgehead atoms. The summed E-state index contributed by atoms with van der Waals surface area (Å²) in [7, 11) is 1.55. The monoisotopic (exact) mass is 415 g/mol. The van der Waals surface area contributed by atoms with Crippen LogP contribution in [0.2, 0.25) is 0 Å². The average molecular weight is 415 g/mol. The third-order valence-corrected chi connectivity index (χ3v) is 4.25. The maximum atomic E-state index is 12.1. The fourth-order valence-electron chi connectivity index (χ4n) is 2.92. The number of benzene rings is 2. The van der Waals surface area contributed by atoms with E-state index in [4.69, 9.17) is 23.7 Å². The van der Waals surface area contributed by atoms with Gasteiger partial charge in [0, 0.05) is 29.3 Å². The Hall–Kier alpha value is -3.59. The Morgan fingerprint density at radius 1 is 1.27 bits per heavy atom. The first kappa shape index (κ1) is 21.1. The topological polar surface area (TPSA) is 106 Å². The highest BCUT2D eigenvalue weighted by Crippen LogP contribution is 2.33. The Balaban J connectivity index is 1.70. The van der Waals surface area contributed by atoms with Gasteiger partial charge in [0.05, 0.1) is 25.2 Å². The van der Waals surface area contributed by atoms with Crippen LogP contribution in [0.1, 0.15) is 23.6 Å². The van der Waals surface area contributed by atoms with Crippen LogP contribution in [-0.2, 0) is 27.5 Å². The molecule has 0 atom stereocenters. The van der Waals surface area contributed by atoms with E-state index in [9.17, 15) is 14.9 Å². The second-order valence-electron chi connectivity index (χ2n) is 6.25. The molecule has 30 heavy (non-hydrogen) atoms. The van der Waals surface area contributed by atoms with Crippen molar-refractivity contribution in [1.29, 1.82) is 0 Å². The van der Waals surface area contributed by atoms with Crippen LogP contribution in [0, 0.1) is 10.1 Å². The minimum Gasteiger partial charge on any atom is -0.493 e. The summed E-state index contributed by atoms with van der Waals surface area (Å²) in [5.41, 5.74) is 1.56. The van der Waals surface area contributed by atoms with E-state index in [0.29, 0.717) is 35.0 Å². The first-order chi connectivity index (χ1) is 14.5. The molecular formula is C21H21NO8. The van der Waals surface area contributed by atoms with E-state index < -0.39 is 10.9 Å². The zero-order valence-corrected chi connectivity index (χ0v) is 16.6. The molecule has 0 saturated carbocycles. The van der Waals surface area contributed by atoms with Gasteiger partial charge in [0.1, 0.15) is 12.4 Å². The van der Waals surface area contributed by atoms with Crippen LogP contribution < -0.4 is 14.2 Å². The summed E-state index contributed by atoms with van der Waals surface area (Å²) < 4.78 is 26.6. The Morgan fingerprint density at radius 2 is 2.10 bits per heavy atom. The Morgan fingerprint density at radius 3 is 2.83 bits per heavy atom. The number of nitrogens with zero attached hydrogens (tertiary/aromatic N) is 1. The number of non-ortho nitro benzene ring substituents is 1. The number of fused-ring (bicyclic) bond motifs is 1. The van der Waals surface area contributed by atoms with Crippen molar-refractivity contribution in [3.8, 4) is 17.2 Å². The van der Waals surface area contributed by atoms with Gasteiger partial charge in [-0.15, -0.1) is 0 Å². The number of carbonyl (C=O) groups excluding carboxylic acids is 1. The van der Waals surface area contributed by atoms with Crippen LogP contribution in [0.3, 0.4) is 0 Å². The van der Waals surface area contributed by atoms with Crippen molar-refractivity contribution < 1.29 is 33.4 Å². The number of carbonyl (C=O) groups is 1. The first-order valence-electron chi connectivity index (χ1n) is 9.18. The SMILES string of the molecule is CCOc1cc(/C=C/C(=O)OCc2cc([N+](=O)[O-])cc3c2OCOC3)ccc1OC. The summed E-state index contributed by atoms with van der Waals surface area (Å²) >= 11 is 0. The van der Waals surface area contributed by atoms with Crippen molar-refractivity contribution in [1.82, 2.24) is 0 Å². The molecule has 0 aromatic heterocycles. The molecule has 1 aliphatic rings. The van der Waals surface area contributed by atoms with Gasteiger partial charge in [-0.1, -0.05) is 6.07 Å². The average Bonchev–Trinajstić information content (AvgIpc) is 2.76. The van der Waals surface area contributed by atoms with E-state index in [0.717, 1.165) is 5.56 Å². The van der Waals surface area contributed by atoms with Crippen LogP contribution in [0.15, 0.2) is 36.4 Å². The van der Waals surface area contributed by atoms with E-state index >= 15 is 0 Å². The van der Waals surface area contributed by atoms with E-state index in [-0.39, 0.29) is 25.7 Å². The summed E-state index contributed by atoms with van der Waals surface area (Å²) in [4.78, 5) is 22.8. The second-order valence-corrected chi connectivity index (χ2v) is 6.25. The molecule has 158 valence electrons. The van der Waals surface area contributed by atoms with Gasteiger partial charge in [-0.3, -0.25) is 10.1 Å². The van der Waals surface area contributed by atoms with Gasteiger partial charge in [-0.05, 0) is 30.7 Å². The normalized spacial score (nSPS) is 12.7. The molecule has 0 amide bonds. The van der Waals surface area contributed by atoms with Crippen LogP contribution in [0.25, 0.3) is 6.08 Å². The molecule has 0 aliphatic carbocycles. The molecule has 2 aromatic rings. The highest BCUT2D eigenvalue weighted by Gasteiger charge is 2.21. The van der Waals surface area contributed by atoms with E-state index in [1.165, 1.54) is 18.2 Å². The van der Waals surface area contributed by atoms with Crippen molar-refractivity contribution in [3.63, 3.8) is 0 Å². The molecule has 0 radical (unpaired) electrons. The number of methoxy groups -OCH3 is 1. The lowest BCUT2D eigenvalue weighted by atomic mass is 10.1. The third kappa shape index (κ3) is 5.06. The second kappa shape index (κ2) is 9.75. The fraction of sp³-hybridized carbons (Fsp3) is 0.286. The highest BCUT2D eigenvalue weighted by atomic mass is 16.7. The van der Waals surface area contributed by atoms with Gasteiger partial charge in [0.2, 0.25) is 0 Å². The number of hydrogen-bond acceptors (Lipinski definition) is 8. The first-order valence-corrected chi connectivity index (χ1v) is 9.18. The minimum atomic E-state index is -0.601. The molecule has 0 unspecified atom stereocenters. The molecule has 0 N–H and O–H groups in total. The molecule has 9 heteroatoms. The molecule has 0 spiro atoms. The molecule has 9 nitrogen and oxygen atoms in total. The molecule has 3 rings (SSSR count). The van der Waals surface area contributed by atoms with Gasteiger partial charge in [-0.2, -0.15) is 0 Å². The summed E-state index contributed by atoms with van der Waals surface area (Å²) in [6, 6.07) is 7.98. The number of rotatable bonds is 8. The van der Waals surface area contributed by atoms with Crippen molar-refractivity contribution in [3.05, 3.63) is 63.2 Å². The van der Waals surface area contributed by atoms with Crippen molar-refractivity contribution >= 4 is 17.7 Å².